The molecule has 2 aliphatic rings. The van der Waals surface area contributed by atoms with E-state index < -0.39 is 0 Å². The molecule has 0 amide bonds. The minimum absolute atomic E-state index is 0.606. The van der Waals surface area contributed by atoms with Gasteiger partial charge in [0.1, 0.15) is 5.82 Å². The van der Waals surface area contributed by atoms with Crippen LogP contribution in [0.5, 0.6) is 0 Å². The first kappa shape index (κ1) is 14.9. The smallest absolute Gasteiger partial charge is 0.142 e. The largest absolute Gasteiger partial charge is 0.312 e. The fourth-order valence-electron chi connectivity index (χ4n) is 3.82. The van der Waals surface area contributed by atoms with Gasteiger partial charge in [0.25, 0.3) is 0 Å². The van der Waals surface area contributed by atoms with Gasteiger partial charge in [-0.15, -0.1) is 0 Å². The van der Waals surface area contributed by atoms with E-state index in [1.807, 2.05) is 18.5 Å². The van der Waals surface area contributed by atoms with Crippen LogP contribution in [0.4, 0.5) is 0 Å². The Morgan fingerprint density at radius 3 is 2.67 bits per heavy atom. The van der Waals surface area contributed by atoms with Crippen LogP contribution in [-0.2, 0) is 6.54 Å². The highest BCUT2D eigenvalue weighted by molar-refractivity contribution is 4.92. The molecule has 21 heavy (non-hydrogen) atoms. The summed E-state index contributed by atoms with van der Waals surface area (Å²) in [5, 5.41) is 3.82. The Labute approximate surface area is 128 Å². The lowest BCUT2D eigenvalue weighted by Gasteiger charge is -2.34. The predicted molar refractivity (Wildman–Crippen MR) is 84.9 cm³/mol. The van der Waals surface area contributed by atoms with Crippen molar-refractivity contribution in [3.05, 3.63) is 24.3 Å². The van der Waals surface area contributed by atoms with Crippen molar-refractivity contribution in [2.75, 3.05) is 13.1 Å². The third-order valence-corrected chi connectivity index (χ3v) is 5.21. The quantitative estimate of drug-likeness (QED) is 0.928. The van der Waals surface area contributed by atoms with Gasteiger partial charge in [0.2, 0.25) is 0 Å². The molecule has 1 aliphatic carbocycles. The van der Waals surface area contributed by atoms with E-state index in [0.29, 0.717) is 12.1 Å². The molecule has 116 valence electrons. The van der Waals surface area contributed by atoms with E-state index in [-0.39, 0.29) is 0 Å². The minimum atomic E-state index is 0.606. The van der Waals surface area contributed by atoms with Crippen LogP contribution >= 0.6 is 0 Å². The van der Waals surface area contributed by atoms with Crippen molar-refractivity contribution in [1.29, 1.82) is 0 Å². The molecule has 1 aliphatic heterocycles. The third-order valence-electron chi connectivity index (χ3n) is 5.21. The van der Waals surface area contributed by atoms with Crippen LogP contribution in [0.25, 0.3) is 0 Å². The Bertz CT molecular complexity index is 416. The molecule has 1 N–H and O–H groups in total. The predicted octanol–water partition coefficient (Wildman–Crippen LogP) is 2.61. The first-order valence-electron chi connectivity index (χ1n) is 8.56. The van der Waals surface area contributed by atoms with Gasteiger partial charge in [0, 0.05) is 31.0 Å². The summed E-state index contributed by atoms with van der Waals surface area (Å²) in [4.78, 5) is 11.4. The second-order valence-corrected chi connectivity index (χ2v) is 6.69. The van der Waals surface area contributed by atoms with E-state index in [1.54, 1.807) is 0 Å². The van der Waals surface area contributed by atoms with Gasteiger partial charge in [-0.05, 0) is 44.7 Å². The van der Waals surface area contributed by atoms with Crippen LogP contribution in [0.1, 0.15) is 51.3 Å². The molecule has 1 saturated heterocycles. The molecule has 4 heteroatoms. The summed E-state index contributed by atoms with van der Waals surface area (Å²) in [5.41, 5.74) is 0. The minimum Gasteiger partial charge on any atom is -0.312 e. The zero-order chi connectivity index (χ0) is 14.5. The highest BCUT2D eigenvalue weighted by Crippen LogP contribution is 2.28. The fourth-order valence-corrected chi connectivity index (χ4v) is 3.82. The van der Waals surface area contributed by atoms with Gasteiger partial charge in [0.05, 0.1) is 6.54 Å². The summed E-state index contributed by atoms with van der Waals surface area (Å²) in [5.74, 6) is 1.82. The molecule has 0 aromatic carbocycles. The first-order valence-corrected chi connectivity index (χ1v) is 8.56. The average Bonchev–Trinajstić information content (AvgIpc) is 2.72. The molecule has 1 aromatic heterocycles. The van der Waals surface area contributed by atoms with E-state index >= 15 is 0 Å². The van der Waals surface area contributed by atoms with E-state index in [2.05, 4.69) is 27.1 Å². The van der Waals surface area contributed by atoms with Gasteiger partial charge in [0.15, 0.2) is 0 Å². The van der Waals surface area contributed by atoms with Gasteiger partial charge in [-0.1, -0.05) is 19.3 Å². The molecular weight excluding hydrogens is 260 g/mol. The Balaban J connectivity index is 1.65. The van der Waals surface area contributed by atoms with Crippen LogP contribution in [0.2, 0.25) is 0 Å². The number of aromatic nitrogens is 2. The zero-order valence-electron chi connectivity index (χ0n) is 13.2. The van der Waals surface area contributed by atoms with Crippen molar-refractivity contribution in [3.8, 4) is 0 Å². The van der Waals surface area contributed by atoms with Crippen molar-refractivity contribution in [1.82, 2.24) is 20.2 Å². The molecule has 2 heterocycles. The molecule has 3 rings (SSSR count). The van der Waals surface area contributed by atoms with Gasteiger partial charge >= 0.3 is 0 Å². The van der Waals surface area contributed by atoms with Gasteiger partial charge in [-0.3, -0.25) is 4.90 Å². The van der Waals surface area contributed by atoms with Crippen molar-refractivity contribution in [2.24, 2.45) is 5.92 Å². The van der Waals surface area contributed by atoms with Gasteiger partial charge in [-0.2, -0.15) is 0 Å². The number of hydrogen-bond acceptors (Lipinski definition) is 4. The summed E-state index contributed by atoms with van der Waals surface area (Å²) >= 11 is 0. The standard InChI is InChI=1S/C17H28N4/c1-14-8-11-18-16(15-6-3-2-4-7-15)12-21(14)13-17-19-9-5-10-20-17/h5,9-10,14-16,18H,2-4,6-8,11-13H2,1H3. The van der Waals surface area contributed by atoms with Crippen LogP contribution in [0.15, 0.2) is 18.5 Å². The van der Waals surface area contributed by atoms with Crippen molar-refractivity contribution in [2.45, 2.75) is 64.1 Å². The summed E-state index contributed by atoms with van der Waals surface area (Å²) in [6, 6.07) is 3.15. The average molecular weight is 288 g/mol. The molecule has 1 saturated carbocycles. The van der Waals surface area contributed by atoms with Gasteiger partial charge < -0.3 is 5.32 Å². The molecule has 2 fully saturated rings. The summed E-state index contributed by atoms with van der Waals surface area (Å²) in [6.45, 7) is 5.51. The SMILES string of the molecule is CC1CCNC(C2CCCCC2)CN1Cc1ncccn1. The van der Waals surface area contributed by atoms with Crippen molar-refractivity contribution >= 4 is 0 Å². The second kappa shape index (κ2) is 7.32. The van der Waals surface area contributed by atoms with E-state index in [1.165, 1.54) is 38.5 Å². The van der Waals surface area contributed by atoms with Crippen LogP contribution < -0.4 is 5.32 Å². The van der Waals surface area contributed by atoms with Crippen molar-refractivity contribution < 1.29 is 0 Å². The molecule has 0 spiro atoms. The van der Waals surface area contributed by atoms with Crippen LogP contribution in [-0.4, -0.2) is 40.0 Å². The molecule has 0 radical (unpaired) electrons. The Hall–Kier alpha value is -1.00. The first-order chi connectivity index (χ1) is 10.3. The molecule has 2 unspecified atom stereocenters. The Morgan fingerprint density at radius 2 is 1.90 bits per heavy atom. The second-order valence-electron chi connectivity index (χ2n) is 6.69. The number of nitrogens with one attached hydrogen (secondary N) is 1. The normalized spacial score (nSPS) is 29.2. The lowest BCUT2D eigenvalue weighted by molar-refractivity contribution is 0.162. The molecular formula is C17H28N4. The highest BCUT2D eigenvalue weighted by Gasteiger charge is 2.29. The summed E-state index contributed by atoms with van der Waals surface area (Å²) in [7, 11) is 0. The van der Waals surface area contributed by atoms with Crippen molar-refractivity contribution in [3.63, 3.8) is 0 Å². The van der Waals surface area contributed by atoms with E-state index in [4.69, 9.17) is 0 Å². The van der Waals surface area contributed by atoms with E-state index in [9.17, 15) is 0 Å². The number of nitrogens with zero attached hydrogens (tertiary/aromatic N) is 3. The number of hydrogen-bond donors (Lipinski definition) is 1. The summed E-state index contributed by atoms with van der Waals surface area (Å²) in [6.07, 6.45) is 12.0. The maximum atomic E-state index is 4.40. The monoisotopic (exact) mass is 288 g/mol. The third kappa shape index (κ3) is 4.01. The Kier molecular flexibility index (Phi) is 5.20. The molecule has 1 aromatic rings. The molecule has 2 atom stereocenters. The highest BCUT2D eigenvalue weighted by atomic mass is 15.2. The topological polar surface area (TPSA) is 41.0 Å². The van der Waals surface area contributed by atoms with Crippen LogP contribution in [0.3, 0.4) is 0 Å². The maximum Gasteiger partial charge on any atom is 0.142 e. The fraction of sp³-hybridized carbons (Fsp3) is 0.765. The lowest BCUT2D eigenvalue weighted by atomic mass is 9.83. The lowest BCUT2D eigenvalue weighted by Crippen LogP contribution is -2.44. The summed E-state index contributed by atoms with van der Waals surface area (Å²) < 4.78 is 0. The van der Waals surface area contributed by atoms with Crippen LogP contribution in [0, 0.1) is 5.92 Å². The van der Waals surface area contributed by atoms with Gasteiger partial charge in [-0.25, -0.2) is 9.97 Å². The molecule has 0 bridgehead atoms. The number of rotatable bonds is 3. The zero-order valence-corrected chi connectivity index (χ0v) is 13.2. The maximum absolute atomic E-state index is 4.40. The molecule has 4 nitrogen and oxygen atoms in total. The Morgan fingerprint density at radius 1 is 1.14 bits per heavy atom. The van der Waals surface area contributed by atoms with E-state index in [0.717, 1.165) is 31.4 Å².